The number of hydrogen-bond acceptors (Lipinski definition) is 7. The van der Waals surface area contributed by atoms with E-state index in [1.165, 1.54) is 0 Å². The third kappa shape index (κ3) is 6.53. The second-order valence-electron chi connectivity index (χ2n) is 8.67. The fourth-order valence-corrected chi connectivity index (χ4v) is 4.42. The van der Waals surface area contributed by atoms with E-state index in [1.54, 1.807) is 16.4 Å². The number of unbranched alkanes of at least 4 members (excludes halogenated alkanes) is 1. The van der Waals surface area contributed by atoms with E-state index < -0.39 is 6.04 Å². The van der Waals surface area contributed by atoms with Crippen molar-refractivity contribution in [2.24, 2.45) is 5.92 Å². The van der Waals surface area contributed by atoms with Crippen molar-refractivity contribution >= 4 is 23.7 Å². The molecular weight excluding hydrogens is 436 g/mol. The Balaban J connectivity index is 1.91. The number of benzene rings is 1. The molecule has 1 atom stereocenters. The summed E-state index contributed by atoms with van der Waals surface area (Å²) >= 11 is 1.64. The lowest BCUT2D eigenvalue weighted by Crippen LogP contribution is -2.29. The summed E-state index contributed by atoms with van der Waals surface area (Å²) in [6.45, 7) is 11.5. The topological polar surface area (TPSA) is 78.3 Å². The number of allylic oxidation sites excluding steroid dienone is 1. The van der Waals surface area contributed by atoms with Crippen molar-refractivity contribution in [1.29, 1.82) is 0 Å². The Morgan fingerprint density at radius 2 is 1.94 bits per heavy atom. The molecule has 0 fully saturated rings. The van der Waals surface area contributed by atoms with Crippen molar-refractivity contribution in [1.82, 2.24) is 14.8 Å². The molecule has 1 aliphatic rings. The summed E-state index contributed by atoms with van der Waals surface area (Å²) in [6, 6.07) is 7.49. The second-order valence-corrected chi connectivity index (χ2v) is 9.73. The van der Waals surface area contributed by atoms with E-state index >= 15 is 0 Å². The maximum absolute atomic E-state index is 13.0. The fourth-order valence-electron chi connectivity index (χ4n) is 3.50. The molecule has 0 bridgehead atoms. The second kappa shape index (κ2) is 12.1. The zero-order valence-electron chi connectivity index (χ0n) is 20.4. The first-order valence-electron chi connectivity index (χ1n) is 11.9. The van der Waals surface area contributed by atoms with E-state index in [-0.39, 0.29) is 5.97 Å². The zero-order valence-corrected chi connectivity index (χ0v) is 21.2. The van der Waals surface area contributed by atoms with Crippen molar-refractivity contribution in [3.63, 3.8) is 0 Å². The number of anilines is 1. The summed E-state index contributed by atoms with van der Waals surface area (Å²) < 4.78 is 13.2. The summed E-state index contributed by atoms with van der Waals surface area (Å²) in [4.78, 5) is 17.7. The highest BCUT2D eigenvalue weighted by atomic mass is 32.2. The number of nitrogens with one attached hydrogen (secondary N) is 1. The van der Waals surface area contributed by atoms with Crippen molar-refractivity contribution in [3.05, 3.63) is 41.1 Å². The van der Waals surface area contributed by atoms with E-state index in [9.17, 15) is 4.79 Å². The Kier molecular flexibility index (Phi) is 9.23. The fraction of sp³-hybridized carbons (Fsp3) is 0.560. The molecule has 0 saturated heterocycles. The van der Waals surface area contributed by atoms with Crippen LogP contribution in [0.1, 0.15) is 71.9 Å². The number of fused-ring (bicyclic) bond motifs is 1. The van der Waals surface area contributed by atoms with Gasteiger partial charge in [-0.15, -0.1) is 5.10 Å². The van der Waals surface area contributed by atoms with E-state index in [1.807, 2.05) is 38.1 Å². The van der Waals surface area contributed by atoms with Crippen LogP contribution in [0.15, 0.2) is 40.7 Å². The summed E-state index contributed by atoms with van der Waals surface area (Å²) in [7, 11) is 0. The molecule has 0 aliphatic carbocycles. The van der Waals surface area contributed by atoms with Crippen LogP contribution in [0.4, 0.5) is 5.95 Å². The highest BCUT2D eigenvalue weighted by Crippen LogP contribution is 2.37. The molecule has 1 N–H and O–H groups in total. The van der Waals surface area contributed by atoms with Gasteiger partial charge in [-0.2, -0.15) is 4.98 Å². The Morgan fingerprint density at radius 3 is 2.61 bits per heavy atom. The number of nitrogens with zero attached hydrogens (tertiary/aromatic N) is 3. The Morgan fingerprint density at radius 1 is 1.18 bits per heavy atom. The van der Waals surface area contributed by atoms with Crippen LogP contribution in [-0.4, -0.2) is 39.7 Å². The van der Waals surface area contributed by atoms with Crippen LogP contribution < -0.4 is 10.1 Å². The molecular formula is C25H36N4O3S. The Labute approximate surface area is 201 Å². The average molecular weight is 473 g/mol. The van der Waals surface area contributed by atoms with Gasteiger partial charge in [0.05, 0.1) is 18.8 Å². The van der Waals surface area contributed by atoms with Crippen molar-refractivity contribution in [3.8, 4) is 5.75 Å². The van der Waals surface area contributed by atoms with E-state index in [0.29, 0.717) is 35.8 Å². The SMILES string of the molecule is CCCCSc1nc2n(n1)C(c1ccc(OCCC(C)C)cc1)C(C(=O)OCCC)=C(C)N2. The third-order valence-electron chi connectivity index (χ3n) is 5.38. The number of thioether (sulfide) groups is 1. The lowest BCUT2D eigenvalue weighted by Gasteiger charge is -2.28. The third-order valence-corrected chi connectivity index (χ3v) is 6.30. The molecule has 1 aliphatic heterocycles. The number of esters is 1. The smallest absolute Gasteiger partial charge is 0.338 e. The molecule has 7 nitrogen and oxygen atoms in total. The van der Waals surface area contributed by atoms with E-state index in [2.05, 4.69) is 31.1 Å². The van der Waals surface area contributed by atoms with Gasteiger partial charge in [0.2, 0.25) is 11.1 Å². The zero-order chi connectivity index (χ0) is 23.8. The van der Waals surface area contributed by atoms with Crippen LogP contribution in [0.25, 0.3) is 0 Å². The van der Waals surface area contributed by atoms with Crippen LogP contribution in [0.5, 0.6) is 5.75 Å². The van der Waals surface area contributed by atoms with Gasteiger partial charge >= 0.3 is 5.97 Å². The molecule has 2 heterocycles. The Hall–Kier alpha value is -2.48. The van der Waals surface area contributed by atoms with Gasteiger partial charge in [-0.25, -0.2) is 9.48 Å². The molecule has 1 aromatic heterocycles. The standard InChI is InChI=1S/C25H36N4O3S/c1-6-8-16-33-25-27-24-26-18(5)21(23(30)32-14-7-2)22(29(24)28-25)19-9-11-20(12-10-19)31-15-13-17(3)4/h9-12,17,22H,6-8,13-16H2,1-5H3,(H,26,27,28). The number of aromatic nitrogens is 3. The molecule has 1 unspecified atom stereocenters. The van der Waals surface area contributed by atoms with Crippen LogP contribution in [-0.2, 0) is 9.53 Å². The molecule has 33 heavy (non-hydrogen) atoms. The van der Waals surface area contributed by atoms with Gasteiger partial charge in [0.1, 0.15) is 11.8 Å². The van der Waals surface area contributed by atoms with Crippen molar-refractivity contribution in [2.45, 2.75) is 71.5 Å². The minimum absolute atomic E-state index is 0.328. The first-order valence-corrected chi connectivity index (χ1v) is 12.9. The summed E-state index contributed by atoms with van der Waals surface area (Å²) in [5.41, 5.74) is 2.23. The molecule has 3 rings (SSSR count). The van der Waals surface area contributed by atoms with E-state index in [0.717, 1.165) is 48.4 Å². The maximum Gasteiger partial charge on any atom is 0.338 e. The summed E-state index contributed by atoms with van der Waals surface area (Å²) in [5.74, 6) is 2.69. The predicted molar refractivity (Wildman–Crippen MR) is 133 cm³/mol. The molecule has 0 saturated carbocycles. The average Bonchev–Trinajstić information content (AvgIpc) is 3.19. The molecule has 8 heteroatoms. The number of hydrogen-bond donors (Lipinski definition) is 1. The largest absolute Gasteiger partial charge is 0.494 e. The molecule has 2 aromatic rings. The monoisotopic (exact) mass is 472 g/mol. The minimum atomic E-state index is -0.414. The first kappa shape index (κ1) is 25.1. The van der Waals surface area contributed by atoms with Crippen LogP contribution >= 0.6 is 11.8 Å². The summed E-state index contributed by atoms with van der Waals surface area (Å²) in [6.07, 6.45) is 4.01. The van der Waals surface area contributed by atoms with E-state index in [4.69, 9.17) is 14.6 Å². The van der Waals surface area contributed by atoms with Gasteiger partial charge in [0.15, 0.2) is 0 Å². The molecule has 0 radical (unpaired) electrons. The molecule has 1 aromatic carbocycles. The molecule has 180 valence electrons. The normalized spacial score (nSPS) is 15.4. The van der Waals surface area contributed by atoms with Crippen LogP contribution in [0, 0.1) is 5.92 Å². The highest BCUT2D eigenvalue weighted by molar-refractivity contribution is 7.99. The number of rotatable bonds is 12. The maximum atomic E-state index is 13.0. The van der Waals surface area contributed by atoms with Gasteiger partial charge in [0, 0.05) is 11.4 Å². The number of carbonyl (C=O) groups excluding carboxylic acids is 1. The summed E-state index contributed by atoms with van der Waals surface area (Å²) in [5, 5.41) is 8.72. The predicted octanol–water partition coefficient (Wildman–Crippen LogP) is 5.84. The lowest BCUT2D eigenvalue weighted by molar-refractivity contribution is -0.139. The molecule has 0 amide bonds. The number of carbonyl (C=O) groups is 1. The van der Waals surface area contributed by atoms with Gasteiger partial charge in [-0.05, 0) is 49.8 Å². The van der Waals surface area contributed by atoms with Gasteiger partial charge in [0.25, 0.3) is 0 Å². The van der Waals surface area contributed by atoms with Gasteiger partial charge < -0.3 is 14.8 Å². The van der Waals surface area contributed by atoms with Crippen molar-refractivity contribution < 1.29 is 14.3 Å². The Bertz CT molecular complexity index is 953. The quantitative estimate of drug-likeness (QED) is 0.236. The molecule has 0 spiro atoms. The van der Waals surface area contributed by atoms with Crippen molar-refractivity contribution in [2.75, 3.05) is 24.3 Å². The minimum Gasteiger partial charge on any atom is -0.494 e. The van der Waals surface area contributed by atoms with Gasteiger partial charge in [-0.1, -0.05) is 58.0 Å². The van der Waals surface area contributed by atoms with Gasteiger partial charge in [-0.3, -0.25) is 0 Å². The van der Waals surface area contributed by atoms with Crippen LogP contribution in [0.2, 0.25) is 0 Å². The van der Waals surface area contributed by atoms with Crippen LogP contribution in [0.3, 0.4) is 0 Å². The highest BCUT2D eigenvalue weighted by Gasteiger charge is 2.35. The lowest BCUT2D eigenvalue weighted by atomic mass is 9.96. The number of ether oxygens (including phenoxy) is 2. The first-order chi connectivity index (χ1) is 15.9.